The molecule has 0 aliphatic heterocycles. The summed E-state index contributed by atoms with van der Waals surface area (Å²) in [6, 6.07) is -0.178. The van der Waals surface area contributed by atoms with Crippen molar-refractivity contribution in [1.29, 1.82) is 0 Å². The third-order valence-electron chi connectivity index (χ3n) is 2.74. The predicted octanol–water partition coefficient (Wildman–Crippen LogP) is 1.15. The highest BCUT2D eigenvalue weighted by molar-refractivity contribution is 7.09. The van der Waals surface area contributed by atoms with E-state index in [4.69, 9.17) is 5.11 Å². The maximum absolute atomic E-state index is 11.5. The lowest BCUT2D eigenvalue weighted by Crippen LogP contribution is -2.38. The second-order valence-corrected chi connectivity index (χ2v) is 5.19. The molecule has 1 aromatic rings. The molecular weight excluding hydrogens is 238 g/mol. The maximum atomic E-state index is 11.5. The first kappa shape index (κ1) is 12.3. The van der Waals surface area contributed by atoms with Gasteiger partial charge >= 0.3 is 6.03 Å². The van der Waals surface area contributed by atoms with Crippen molar-refractivity contribution in [3.8, 4) is 0 Å². The second kappa shape index (κ2) is 5.46. The van der Waals surface area contributed by atoms with Crippen LogP contribution in [0.2, 0.25) is 0 Å². The highest BCUT2D eigenvalue weighted by atomic mass is 32.1. The Labute approximate surface area is 104 Å². The van der Waals surface area contributed by atoms with Crippen LogP contribution in [0.25, 0.3) is 0 Å². The van der Waals surface area contributed by atoms with Gasteiger partial charge in [0.2, 0.25) is 0 Å². The molecule has 0 saturated heterocycles. The number of aromatic nitrogens is 1. The third-order valence-corrected chi connectivity index (χ3v) is 3.61. The first-order valence-electron chi connectivity index (χ1n) is 5.75. The Hall–Kier alpha value is -1.14. The summed E-state index contributed by atoms with van der Waals surface area (Å²) in [5.41, 5.74) is 1.17. The molecule has 1 aliphatic rings. The lowest BCUT2D eigenvalue weighted by molar-refractivity contribution is 0.190. The molecule has 6 heteroatoms. The summed E-state index contributed by atoms with van der Waals surface area (Å²) in [6.07, 6.45) is 2.49. The van der Waals surface area contributed by atoms with E-state index < -0.39 is 0 Å². The number of likely N-dealkylation sites (N-methyl/N-ethyl adjacent to an activating group) is 1. The number of amides is 2. The second-order valence-electron chi connectivity index (χ2n) is 4.24. The van der Waals surface area contributed by atoms with E-state index in [1.807, 2.05) is 0 Å². The molecule has 1 heterocycles. The summed E-state index contributed by atoms with van der Waals surface area (Å²) in [5.74, 6) is 0.660. The number of hydrogen-bond acceptors (Lipinski definition) is 4. The van der Waals surface area contributed by atoms with Crippen LogP contribution in [0.5, 0.6) is 0 Å². The fourth-order valence-electron chi connectivity index (χ4n) is 1.51. The van der Waals surface area contributed by atoms with E-state index in [0.29, 0.717) is 19.0 Å². The van der Waals surface area contributed by atoms with Gasteiger partial charge in [-0.15, -0.1) is 11.3 Å². The number of thiazole rings is 1. The van der Waals surface area contributed by atoms with Crippen LogP contribution in [-0.4, -0.2) is 41.2 Å². The molecule has 0 spiro atoms. The van der Waals surface area contributed by atoms with Crippen LogP contribution in [0, 0.1) is 0 Å². The number of carbonyl (C=O) groups is 1. The molecule has 1 aliphatic carbocycles. The number of nitrogens with one attached hydrogen (secondary N) is 1. The summed E-state index contributed by atoms with van der Waals surface area (Å²) in [4.78, 5) is 17.5. The number of hydrogen-bond donors (Lipinski definition) is 2. The Kier molecular flexibility index (Phi) is 3.96. The van der Waals surface area contributed by atoms with Gasteiger partial charge in [-0.25, -0.2) is 9.78 Å². The zero-order valence-electron chi connectivity index (χ0n) is 9.85. The van der Waals surface area contributed by atoms with Gasteiger partial charge in [0, 0.05) is 24.9 Å². The summed E-state index contributed by atoms with van der Waals surface area (Å²) in [5, 5.41) is 14.5. The summed E-state index contributed by atoms with van der Waals surface area (Å²) >= 11 is 1.59. The van der Waals surface area contributed by atoms with Gasteiger partial charge in [-0.05, 0) is 12.8 Å². The van der Waals surface area contributed by atoms with E-state index in [2.05, 4.69) is 15.7 Å². The molecule has 1 aromatic heterocycles. The van der Waals surface area contributed by atoms with Crippen LogP contribution in [0.1, 0.15) is 29.5 Å². The van der Waals surface area contributed by atoms with Crippen molar-refractivity contribution in [3.63, 3.8) is 0 Å². The largest absolute Gasteiger partial charge is 0.395 e. The summed E-state index contributed by atoms with van der Waals surface area (Å²) < 4.78 is 0. The van der Waals surface area contributed by atoms with Gasteiger partial charge in [0.1, 0.15) is 5.01 Å². The highest BCUT2D eigenvalue weighted by Crippen LogP contribution is 2.40. The van der Waals surface area contributed by atoms with E-state index in [1.165, 1.54) is 23.4 Å². The molecule has 5 nitrogen and oxygen atoms in total. The van der Waals surface area contributed by atoms with E-state index in [0.717, 1.165) is 5.01 Å². The Morgan fingerprint density at radius 2 is 2.47 bits per heavy atom. The molecule has 0 radical (unpaired) electrons. The standard InChI is InChI=1S/C11H17N3O2S/c1-14(4-5-15)11(16)12-6-10-13-9(7-17-10)8-2-3-8/h7-8,15H,2-6H2,1H3,(H,12,16). The van der Waals surface area contributed by atoms with Gasteiger partial charge in [0.15, 0.2) is 0 Å². The first-order valence-corrected chi connectivity index (χ1v) is 6.63. The molecule has 0 atom stereocenters. The SMILES string of the molecule is CN(CCO)C(=O)NCc1nc(C2CC2)cs1. The van der Waals surface area contributed by atoms with Crippen LogP contribution in [-0.2, 0) is 6.54 Å². The number of rotatable bonds is 5. The van der Waals surface area contributed by atoms with Gasteiger partial charge in [0.25, 0.3) is 0 Å². The molecule has 0 aromatic carbocycles. The van der Waals surface area contributed by atoms with Gasteiger partial charge in [-0.2, -0.15) is 0 Å². The number of urea groups is 1. The fraction of sp³-hybridized carbons (Fsp3) is 0.636. The average Bonchev–Trinajstić information content (AvgIpc) is 3.06. The lowest BCUT2D eigenvalue weighted by atomic mass is 10.3. The van der Waals surface area contributed by atoms with Crippen molar-refractivity contribution in [2.45, 2.75) is 25.3 Å². The molecule has 0 unspecified atom stereocenters. The van der Waals surface area contributed by atoms with Crippen LogP contribution >= 0.6 is 11.3 Å². The Morgan fingerprint density at radius 1 is 1.71 bits per heavy atom. The number of nitrogens with zero attached hydrogens (tertiary/aromatic N) is 2. The fourth-order valence-corrected chi connectivity index (χ4v) is 2.33. The quantitative estimate of drug-likeness (QED) is 0.829. The third kappa shape index (κ3) is 3.41. The van der Waals surface area contributed by atoms with Crippen molar-refractivity contribution in [3.05, 3.63) is 16.1 Å². The summed E-state index contributed by atoms with van der Waals surface area (Å²) in [7, 11) is 1.66. The van der Waals surface area contributed by atoms with Gasteiger partial charge in [-0.3, -0.25) is 0 Å². The Balaban J connectivity index is 1.78. The van der Waals surface area contributed by atoms with Gasteiger partial charge in [-0.1, -0.05) is 0 Å². The van der Waals surface area contributed by atoms with Gasteiger partial charge in [0.05, 0.1) is 18.8 Å². The molecule has 94 valence electrons. The smallest absolute Gasteiger partial charge is 0.317 e. The number of aliphatic hydroxyl groups excluding tert-OH is 1. The normalized spacial score (nSPS) is 14.7. The minimum Gasteiger partial charge on any atom is -0.395 e. The molecule has 1 fully saturated rings. The van der Waals surface area contributed by atoms with Crippen LogP contribution < -0.4 is 5.32 Å². The monoisotopic (exact) mass is 255 g/mol. The van der Waals surface area contributed by atoms with Crippen LogP contribution in [0.15, 0.2) is 5.38 Å². The van der Waals surface area contributed by atoms with Crippen LogP contribution in [0.4, 0.5) is 4.79 Å². The molecule has 2 amide bonds. The molecule has 1 saturated carbocycles. The highest BCUT2D eigenvalue weighted by Gasteiger charge is 2.25. The Bertz CT molecular complexity index is 390. The molecule has 0 bridgehead atoms. The predicted molar refractivity (Wildman–Crippen MR) is 66.0 cm³/mol. The van der Waals surface area contributed by atoms with Crippen molar-refractivity contribution >= 4 is 17.4 Å². The van der Waals surface area contributed by atoms with E-state index >= 15 is 0 Å². The maximum Gasteiger partial charge on any atom is 0.317 e. The lowest BCUT2D eigenvalue weighted by Gasteiger charge is -2.15. The van der Waals surface area contributed by atoms with E-state index in [9.17, 15) is 4.79 Å². The zero-order valence-corrected chi connectivity index (χ0v) is 10.7. The van der Waals surface area contributed by atoms with Gasteiger partial charge < -0.3 is 15.3 Å². The van der Waals surface area contributed by atoms with E-state index in [-0.39, 0.29) is 12.6 Å². The molecular formula is C11H17N3O2S. The zero-order chi connectivity index (χ0) is 12.3. The average molecular weight is 255 g/mol. The van der Waals surface area contributed by atoms with Crippen molar-refractivity contribution in [2.24, 2.45) is 0 Å². The minimum atomic E-state index is -0.178. The van der Waals surface area contributed by atoms with Crippen LogP contribution in [0.3, 0.4) is 0 Å². The van der Waals surface area contributed by atoms with Crippen molar-refractivity contribution < 1.29 is 9.90 Å². The molecule has 2 rings (SSSR count). The topological polar surface area (TPSA) is 65.5 Å². The molecule has 17 heavy (non-hydrogen) atoms. The Morgan fingerprint density at radius 3 is 3.12 bits per heavy atom. The van der Waals surface area contributed by atoms with Crippen molar-refractivity contribution in [1.82, 2.24) is 15.2 Å². The number of carbonyl (C=O) groups excluding carboxylic acids is 1. The number of aliphatic hydroxyl groups is 1. The van der Waals surface area contributed by atoms with E-state index in [1.54, 1.807) is 18.4 Å². The molecule has 2 N–H and O–H groups in total. The van der Waals surface area contributed by atoms with Crippen molar-refractivity contribution in [2.75, 3.05) is 20.2 Å². The minimum absolute atomic E-state index is 0.0208. The summed E-state index contributed by atoms with van der Waals surface area (Å²) in [6.45, 7) is 0.788. The first-order chi connectivity index (χ1) is 8.20.